The summed E-state index contributed by atoms with van der Waals surface area (Å²) in [6, 6.07) is 7.75. The van der Waals surface area contributed by atoms with E-state index < -0.39 is 0 Å². The predicted molar refractivity (Wildman–Crippen MR) is 93.6 cm³/mol. The van der Waals surface area contributed by atoms with Gasteiger partial charge in [-0.2, -0.15) is 0 Å². The van der Waals surface area contributed by atoms with Crippen LogP contribution in [-0.4, -0.2) is 29.9 Å². The van der Waals surface area contributed by atoms with Gasteiger partial charge in [0, 0.05) is 41.4 Å². The molecule has 1 atom stereocenters. The molecule has 0 bridgehead atoms. The molecule has 2 aromatic rings. The molecule has 1 aliphatic rings. The van der Waals surface area contributed by atoms with Crippen LogP contribution in [0.2, 0.25) is 0 Å². The Morgan fingerprint density at radius 1 is 1.42 bits per heavy atom. The molecule has 0 saturated heterocycles. The summed E-state index contributed by atoms with van der Waals surface area (Å²) >= 11 is 1.49. The number of ether oxygens (including phenoxy) is 2. The van der Waals surface area contributed by atoms with Crippen LogP contribution in [0.4, 0.5) is 0 Å². The van der Waals surface area contributed by atoms with E-state index in [0.717, 1.165) is 33.9 Å². The van der Waals surface area contributed by atoms with E-state index in [1.54, 1.807) is 19.5 Å². The summed E-state index contributed by atoms with van der Waals surface area (Å²) < 4.78 is 11.2. The first-order valence-electron chi connectivity index (χ1n) is 7.81. The first-order valence-corrected chi connectivity index (χ1v) is 8.80. The number of benzene rings is 1. The van der Waals surface area contributed by atoms with Gasteiger partial charge in [-0.1, -0.05) is 0 Å². The van der Waals surface area contributed by atoms with Crippen molar-refractivity contribution in [2.45, 2.75) is 30.9 Å². The third-order valence-electron chi connectivity index (χ3n) is 3.79. The Morgan fingerprint density at radius 3 is 2.96 bits per heavy atom. The highest BCUT2D eigenvalue weighted by Crippen LogP contribution is 2.34. The average molecular weight is 344 g/mol. The number of fused-ring (bicyclic) bond motifs is 1. The second-order valence-electron chi connectivity index (χ2n) is 5.65. The summed E-state index contributed by atoms with van der Waals surface area (Å²) in [5, 5.41) is 2.94. The Bertz CT molecular complexity index is 722. The van der Waals surface area contributed by atoms with Crippen molar-refractivity contribution in [2.24, 2.45) is 0 Å². The summed E-state index contributed by atoms with van der Waals surface area (Å²) in [7, 11) is 1.64. The predicted octanol–water partition coefficient (Wildman–Crippen LogP) is 2.82. The SMILES string of the molecule is COc1cc2c(cc1CNC(=O)CSc1ccncc1)O[C@@H](C)C2. The van der Waals surface area contributed by atoms with Gasteiger partial charge < -0.3 is 14.8 Å². The van der Waals surface area contributed by atoms with E-state index in [-0.39, 0.29) is 12.0 Å². The number of thioether (sulfide) groups is 1. The average Bonchev–Trinajstić information content (AvgIpc) is 2.97. The molecule has 1 aromatic heterocycles. The summed E-state index contributed by atoms with van der Waals surface area (Å²) in [5.41, 5.74) is 2.08. The van der Waals surface area contributed by atoms with Gasteiger partial charge in [0.1, 0.15) is 17.6 Å². The topological polar surface area (TPSA) is 60.5 Å². The van der Waals surface area contributed by atoms with Gasteiger partial charge in [0.05, 0.1) is 12.9 Å². The second-order valence-corrected chi connectivity index (χ2v) is 6.70. The number of carbonyl (C=O) groups excluding carboxylic acids is 1. The summed E-state index contributed by atoms with van der Waals surface area (Å²) in [4.78, 5) is 17.0. The molecule has 0 radical (unpaired) electrons. The highest BCUT2D eigenvalue weighted by Gasteiger charge is 2.21. The maximum atomic E-state index is 12.1. The lowest BCUT2D eigenvalue weighted by molar-refractivity contribution is -0.118. The smallest absolute Gasteiger partial charge is 0.230 e. The zero-order valence-corrected chi connectivity index (χ0v) is 14.6. The standard InChI is InChI=1S/C18H20N2O3S/c1-12-7-13-8-16(22-2)14(9-17(13)23-12)10-20-18(21)11-24-15-3-5-19-6-4-15/h3-6,8-9,12H,7,10-11H2,1-2H3,(H,20,21)/t12-/m0/s1. The number of nitrogens with zero attached hydrogens (tertiary/aromatic N) is 1. The van der Waals surface area contributed by atoms with E-state index in [2.05, 4.69) is 10.3 Å². The molecule has 1 aromatic carbocycles. The summed E-state index contributed by atoms with van der Waals surface area (Å²) in [5.74, 6) is 2.02. The van der Waals surface area contributed by atoms with E-state index in [9.17, 15) is 4.79 Å². The van der Waals surface area contributed by atoms with Crippen LogP contribution in [0.3, 0.4) is 0 Å². The minimum Gasteiger partial charge on any atom is -0.496 e. The largest absolute Gasteiger partial charge is 0.496 e. The molecule has 24 heavy (non-hydrogen) atoms. The minimum absolute atomic E-state index is 0.0198. The van der Waals surface area contributed by atoms with Crippen LogP contribution < -0.4 is 14.8 Å². The number of carbonyl (C=O) groups is 1. The zero-order valence-electron chi connectivity index (χ0n) is 13.7. The van der Waals surface area contributed by atoms with E-state index in [1.165, 1.54) is 11.8 Å². The minimum atomic E-state index is -0.0198. The highest BCUT2D eigenvalue weighted by molar-refractivity contribution is 8.00. The lowest BCUT2D eigenvalue weighted by atomic mass is 10.1. The van der Waals surface area contributed by atoms with Crippen molar-refractivity contribution in [2.75, 3.05) is 12.9 Å². The molecule has 3 rings (SSSR count). The van der Waals surface area contributed by atoms with E-state index in [4.69, 9.17) is 9.47 Å². The van der Waals surface area contributed by atoms with Crippen LogP contribution in [0, 0.1) is 0 Å². The second kappa shape index (κ2) is 7.57. The Kier molecular flexibility index (Phi) is 5.25. The number of amides is 1. The van der Waals surface area contributed by atoms with Crippen LogP contribution in [0.25, 0.3) is 0 Å². The van der Waals surface area contributed by atoms with Gasteiger partial charge >= 0.3 is 0 Å². The Labute approximate surface area is 145 Å². The van der Waals surface area contributed by atoms with Gasteiger partial charge in [-0.05, 0) is 31.2 Å². The zero-order chi connectivity index (χ0) is 16.9. The quantitative estimate of drug-likeness (QED) is 0.817. The van der Waals surface area contributed by atoms with Crippen LogP contribution in [0.5, 0.6) is 11.5 Å². The fraction of sp³-hybridized carbons (Fsp3) is 0.333. The molecule has 0 unspecified atom stereocenters. The maximum Gasteiger partial charge on any atom is 0.230 e. The molecule has 1 aliphatic heterocycles. The first kappa shape index (κ1) is 16.6. The maximum absolute atomic E-state index is 12.1. The van der Waals surface area contributed by atoms with E-state index in [1.807, 2.05) is 31.2 Å². The molecule has 0 fully saturated rings. The van der Waals surface area contributed by atoms with E-state index >= 15 is 0 Å². The fourth-order valence-corrected chi connectivity index (χ4v) is 3.35. The summed E-state index contributed by atoms with van der Waals surface area (Å²) in [6.07, 6.45) is 4.51. The molecule has 126 valence electrons. The molecule has 0 aliphatic carbocycles. The number of methoxy groups -OCH3 is 1. The van der Waals surface area contributed by atoms with Crippen molar-refractivity contribution < 1.29 is 14.3 Å². The van der Waals surface area contributed by atoms with Crippen molar-refractivity contribution in [3.8, 4) is 11.5 Å². The van der Waals surface area contributed by atoms with Crippen molar-refractivity contribution >= 4 is 17.7 Å². The van der Waals surface area contributed by atoms with Crippen molar-refractivity contribution in [3.05, 3.63) is 47.8 Å². The van der Waals surface area contributed by atoms with Crippen molar-refractivity contribution in [1.82, 2.24) is 10.3 Å². The molecule has 6 heteroatoms. The third-order valence-corrected chi connectivity index (χ3v) is 4.81. The number of rotatable bonds is 6. The molecular formula is C18H20N2O3S. The van der Waals surface area contributed by atoms with Gasteiger partial charge in [0.2, 0.25) is 5.91 Å². The molecule has 2 heterocycles. The molecule has 1 N–H and O–H groups in total. The van der Waals surface area contributed by atoms with Crippen LogP contribution in [-0.2, 0) is 17.8 Å². The van der Waals surface area contributed by atoms with Crippen LogP contribution in [0.1, 0.15) is 18.1 Å². The van der Waals surface area contributed by atoms with Gasteiger partial charge in [-0.3, -0.25) is 9.78 Å². The third kappa shape index (κ3) is 4.00. The van der Waals surface area contributed by atoms with Gasteiger partial charge in [0.15, 0.2) is 0 Å². The van der Waals surface area contributed by atoms with Crippen LogP contribution >= 0.6 is 11.8 Å². The van der Waals surface area contributed by atoms with Gasteiger partial charge in [-0.15, -0.1) is 11.8 Å². The number of pyridine rings is 1. The molecule has 0 spiro atoms. The lowest BCUT2D eigenvalue weighted by Gasteiger charge is -2.12. The van der Waals surface area contributed by atoms with Gasteiger partial charge in [0.25, 0.3) is 0 Å². The number of aromatic nitrogens is 1. The summed E-state index contributed by atoms with van der Waals surface area (Å²) in [6.45, 7) is 2.47. The number of hydrogen-bond donors (Lipinski definition) is 1. The Hall–Kier alpha value is -2.21. The Morgan fingerprint density at radius 2 is 2.21 bits per heavy atom. The first-order chi connectivity index (χ1) is 11.7. The molecule has 0 saturated carbocycles. The molecule has 5 nitrogen and oxygen atoms in total. The monoisotopic (exact) mass is 344 g/mol. The van der Waals surface area contributed by atoms with Gasteiger partial charge in [-0.25, -0.2) is 0 Å². The van der Waals surface area contributed by atoms with E-state index in [0.29, 0.717) is 12.3 Å². The Balaban J connectivity index is 1.58. The van der Waals surface area contributed by atoms with Crippen LogP contribution in [0.15, 0.2) is 41.6 Å². The normalized spacial score (nSPS) is 15.5. The highest BCUT2D eigenvalue weighted by atomic mass is 32.2. The van der Waals surface area contributed by atoms with Crippen molar-refractivity contribution in [3.63, 3.8) is 0 Å². The van der Waals surface area contributed by atoms with Crippen molar-refractivity contribution in [1.29, 1.82) is 0 Å². The number of nitrogens with one attached hydrogen (secondary N) is 1. The lowest BCUT2D eigenvalue weighted by Crippen LogP contribution is -2.24. The fourth-order valence-electron chi connectivity index (χ4n) is 2.64. The molecular weight excluding hydrogens is 324 g/mol. The number of hydrogen-bond acceptors (Lipinski definition) is 5. The molecule has 1 amide bonds.